The van der Waals surface area contributed by atoms with Gasteiger partial charge >= 0.3 is 0 Å². The maximum atomic E-state index is 5.76. The molecule has 4 heteroatoms. The van der Waals surface area contributed by atoms with Gasteiger partial charge < -0.3 is 4.74 Å². The van der Waals surface area contributed by atoms with Crippen molar-refractivity contribution in [3.63, 3.8) is 0 Å². The molecule has 1 aromatic rings. The third-order valence-electron chi connectivity index (χ3n) is 3.57. The van der Waals surface area contributed by atoms with Gasteiger partial charge in [-0.15, -0.1) is 11.6 Å². The zero-order valence-corrected chi connectivity index (χ0v) is 11.0. The second-order valence-corrected chi connectivity index (χ2v) is 4.93. The van der Waals surface area contributed by atoms with Gasteiger partial charge in [0.1, 0.15) is 5.60 Å². The molecule has 2 rings (SSSR count). The zero-order valence-electron chi connectivity index (χ0n) is 10.3. The molecule has 94 valence electrons. The normalized spacial score (nSPS) is 19.9. The average molecular weight is 255 g/mol. The molecule has 1 aliphatic carbocycles. The number of methoxy groups -OCH3 is 1. The highest BCUT2D eigenvalue weighted by Crippen LogP contribution is 2.36. The lowest BCUT2D eigenvalue weighted by molar-refractivity contribution is -0.0352. The molecule has 0 unspecified atom stereocenters. The van der Waals surface area contributed by atoms with Gasteiger partial charge in [0.05, 0.1) is 5.88 Å². The minimum absolute atomic E-state index is 0.276. The molecular weight excluding hydrogens is 236 g/mol. The van der Waals surface area contributed by atoms with E-state index in [0.29, 0.717) is 5.88 Å². The molecule has 1 aromatic heterocycles. The smallest absolute Gasteiger partial charge is 0.160 e. The molecule has 0 amide bonds. The van der Waals surface area contributed by atoms with Gasteiger partial charge in [0.25, 0.3) is 0 Å². The SMILES string of the molecule is COC1(c2ncc(CCl)cn2)CCCCCC1. The fourth-order valence-electron chi connectivity index (χ4n) is 2.48. The van der Waals surface area contributed by atoms with E-state index < -0.39 is 0 Å². The van der Waals surface area contributed by atoms with Crippen LogP contribution in [0, 0.1) is 0 Å². The largest absolute Gasteiger partial charge is 0.370 e. The number of ether oxygens (including phenoxy) is 1. The summed E-state index contributed by atoms with van der Waals surface area (Å²) in [4.78, 5) is 8.87. The first-order chi connectivity index (χ1) is 8.30. The molecule has 0 aliphatic heterocycles. The van der Waals surface area contributed by atoms with Crippen molar-refractivity contribution in [2.45, 2.75) is 50.0 Å². The summed E-state index contributed by atoms with van der Waals surface area (Å²) < 4.78 is 5.76. The Kier molecular flexibility index (Phi) is 4.35. The number of alkyl halides is 1. The molecule has 0 radical (unpaired) electrons. The first-order valence-electron chi connectivity index (χ1n) is 6.23. The van der Waals surface area contributed by atoms with Crippen LogP contribution in [-0.4, -0.2) is 17.1 Å². The van der Waals surface area contributed by atoms with Gasteiger partial charge in [-0.2, -0.15) is 0 Å². The minimum Gasteiger partial charge on any atom is -0.370 e. The first-order valence-corrected chi connectivity index (χ1v) is 6.77. The van der Waals surface area contributed by atoms with E-state index in [4.69, 9.17) is 16.3 Å². The highest BCUT2D eigenvalue weighted by atomic mass is 35.5. The lowest BCUT2D eigenvalue weighted by Crippen LogP contribution is -2.30. The highest BCUT2D eigenvalue weighted by Gasteiger charge is 2.35. The van der Waals surface area contributed by atoms with Gasteiger partial charge in [-0.05, 0) is 12.8 Å². The van der Waals surface area contributed by atoms with E-state index >= 15 is 0 Å². The molecule has 0 spiro atoms. The Hall–Kier alpha value is -0.670. The van der Waals surface area contributed by atoms with E-state index in [0.717, 1.165) is 24.2 Å². The molecular formula is C13H19ClN2O. The summed E-state index contributed by atoms with van der Waals surface area (Å²) in [5.74, 6) is 1.27. The molecule has 3 nitrogen and oxygen atoms in total. The van der Waals surface area contributed by atoms with Crippen molar-refractivity contribution in [3.05, 3.63) is 23.8 Å². The summed E-state index contributed by atoms with van der Waals surface area (Å²) in [6.45, 7) is 0. The molecule has 0 aromatic carbocycles. The van der Waals surface area contributed by atoms with Gasteiger partial charge in [0, 0.05) is 25.1 Å². The second kappa shape index (κ2) is 5.78. The van der Waals surface area contributed by atoms with Crippen molar-refractivity contribution in [3.8, 4) is 0 Å². The van der Waals surface area contributed by atoms with Crippen LogP contribution in [0.1, 0.15) is 49.9 Å². The second-order valence-electron chi connectivity index (χ2n) is 4.66. The summed E-state index contributed by atoms with van der Waals surface area (Å²) in [5.41, 5.74) is 0.678. The maximum absolute atomic E-state index is 5.76. The van der Waals surface area contributed by atoms with Gasteiger partial charge in [-0.25, -0.2) is 9.97 Å². The Bertz CT molecular complexity index is 345. The van der Waals surface area contributed by atoms with Crippen LogP contribution in [0.3, 0.4) is 0 Å². The number of rotatable bonds is 3. The van der Waals surface area contributed by atoms with Crippen LogP contribution < -0.4 is 0 Å². The first kappa shape index (κ1) is 12.8. The monoisotopic (exact) mass is 254 g/mol. The van der Waals surface area contributed by atoms with Crippen molar-refractivity contribution in [2.24, 2.45) is 0 Å². The summed E-state index contributed by atoms with van der Waals surface area (Å²) in [6, 6.07) is 0. The lowest BCUT2D eigenvalue weighted by Gasteiger charge is -2.29. The van der Waals surface area contributed by atoms with E-state index in [9.17, 15) is 0 Å². The molecule has 0 N–H and O–H groups in total. The van der Waals surface area contributed by atoms with Crippen LogP contribution in [-0.2, 0) is 16.2 Å². The van der Waals surface area contributed by atoms with Crippen LogP contribution in [0.25, 0.3) is 0 Å². The van der Waals surface area contributed by atoms with E-state index in [-0.39, 0.29) is 5.60 Å². The quantitative estimate of drug-likeness (QED) is 0.613. The van der Waals surface area contributed by atoms with Gasteiger partial charge in [-0.3, -0.25) is 0 Å². The van der Waals surface area contributed by atoms with Crippen molar-refractivity contribution >= 4 is 11.6 Å². The minimum atomic E-state index is -0.276. The van der Waals surface area contributed by atoms with E-state index in [1.807, 2.05) is 0 Å². The average Bonchev–Trinajstić information content (AvgIpc) is 2.65. The Morgan fingerprint density at radius 3 is 2.24 bits per heavy atom. The maximum Gasteiger partial charge on any atom is 0.160 e. The van der Waals surface area contributed by atoms with E-state index in [1.54, 1.807) is 19.5 Å². The summed E-state index contributed by atoms with van der Waals surface area (Å²) >= 11 is 5.75. The lowest BCUT2D eigenvalue weighted by atomic mass is 9.93. The van der Waals surface area contributed by atoms with Crippen LogP contribution in [0.15, 0.2) is 12.4 Å². The predicted octanol–water partition coefficient (Wildman–Crippen LogP) is 3.41. The number of hydrogen-bond acceptors (Lipinski definition) is 3. The number of hydrogen-bond donors (Lipinski definition) is 0. The van der Waals surface area contributed by atoms with Crippen LogP contribution >= 0.6 is 11.6 Å². The topological polar surface area (TPSA) is 35.0 Å². The molecule has 17 heavy (non-hydrogen) atoms. The Labute approximate surface area is 108 Å². The fourth-order valence-corrected chi connectivity index (χ4v) is 2.62. The standard InChI is InChI=1S/C13H19ClN2O/c1-17-13(6-4-2-3-5-7-13)12-15-9-11(8-14)10-16-12/h9-10H,2-8H2,1H3. The van der Waals surface area contributed by atoms with Crippen LogP contribution in [0.5, 0.6) is 0 Å². The van der Waals surface area contributed by atoms with Gasteiger partial charge in [0.15, 0.2) is 5.82 Å². The molecule has 0 bridgehead atoms. The van der Waals surface area contributed by atoms with E-state index in [1.165, 1.54) is 25.7 Å². The Morgan fingerprint density at radius 1 is 1.18 bits per heavy atom. The van der Waals surface area contributed by atoms with Crippen molar-refractivity contribution in [1.29, 1.82) is 0 Å². The number of halogens is 1. The molecule has 0 saturated heterocycles. The third-order valence-corrected chi connectivity index (χ3v) is 3.88. The molecule has 1 fully saturated rings. The molecule has 0 atom stereocenters. The summed E-state index contributed by atoms with van der Waals surface area (Å²) in [6.07, 6.45) is 10.6. The van der Waals surface area contributed by atoms with Crippen LogP contribution in [0.2, 0.25) is 0 Å². The molecule has 1 aliphatic rings. The van der Waals surface area contributed by atoms with Gasteiger partial charge in [0.2, 0.25) is 0 Å². The molecule has 1 saturated carbocycles. The van der Waals surface area contributed by atoms with Crippen LogP contribution in [0.4, 0.5) is 0 Å². The van der Waals surface area contributed by atoms with Crippen molar-refractivity contribution in [1.82, 2.24) is 9.97 Å². The Balaban J connectivity index is 2.25. The number of nitrogens with zero attached hydrogens (tertiary/aromatic N) is 2. The number of aromatic nitrogens is 2. The van der Waals surface area contributed by atoms with E-state index in [2.05, 4.69) is 9.97 Å². The zero-order chi connectivity index (χ0) is 12.1. The predicted molar refractivity (Wildman–Crippen MR) is 68.0 cm³/mol. The highest BCUT2D eigenvalue weighted by molar-refractivity contribution is 6.17. The molecule has 1 heterocycles. The van der Waals surface area contributed by atoms with Crippen molar-refractivity contribution < 1.29 is 4.74 Å². The van der Waals surface area contributed by atoms with Crippen molar-refractivity contribution in [2.75, 3.05) is 7.11 Å². The van der Waals surface area contributed by atoms with Gasteiger partial charge in [-0.1, -0.05) is 25.7 Å². The third kappa shape index (κ3) is 2.78. The Morgan fingerprint density at radius 2 is 1.76 bits per heavy atom. The summed E-state index contributed by atoms with van der Waals surface area (Å²) in [7, 11) is 1.77. The fraction of sp³-hybridized carbons (Fsp3) is 0.692. The summed E-state index contributed by atoms with van der Waals surface area (Å²) in [5, 5.41) is 0.